The highest BCUT2D eigenvalue weighted by Gasteiger charge is 2.46. The first-order chi connectivity index (χ1) is 13.1. The Hall–Kier alpha value is -1.08. The van der Waals surface area contributed by atoms with Gasteiger partial charge in [0.15, 0.2) is 5.79 Å². The van der Waals surface area contributed by atoms with E-state index >= 15 is 0 Å². The van der Waals surface area contributed by atoms with Gasteiger partial charge >= 0.3 is 0 Å². The molecule has 1 spiro atoms. The minimum absolute atomic E-state index is 0.0388. The zero-order valence-electron chi connectivity index (χ0n) is 17.1. The number of ether oxygens (including phenoxy) is 2. The van der Waals surface area contributed by atoms with Gasteiger partial charge in [0.1, 0.15) is 0 Å². The van der Waals surface area contributed by atoms with Crippen molar-refractivity contribution in [1.29, 1.82) is 0 Å². The van der Waals surface area contributed by atoms with Crippen LogP contribution < -0.4 is 5.32 Å². The van der Waals surface area contributed by atoms with Crippen molar-refractivity contribution in [3.05, 3.63) is 35.4 Å². The molecule has 1 atom stereocenters. The molecule has 1 aliphatic heterocycles. The predicted octanol–water partition coefficient (Wildman–Crippen LogP) is 4.74. The molecule has 0 amide bonds. The van der Waals surface area contributed by atoms with Gasteiger partial charge in [0.25, 0.3) is 6.43 Å². The van der Waals surface area contributed by atoms with Crippen LogP contribution in [0.3, 0.4) is 0 Å². The van der Waals surface area contributed by atoms with Crippen LogP contribution in [0, 0.1) is 5.41 Å². The number of hydrogen-bond acceptors (Lipinski definition) is 4. The van der Waals surface area contributed by atoms with E-state index in [1.165, 1.54) is 12.1 Å². The van der Waals surface area contributed by atoms with Gasteiger partial charge in [-0.1, -0.05) is 38.1 Å². The Morgan fingerprint density at radius 3 is 2.07 bits per heavy atom. The highest BCUT2D eigenvalue weighted by molar-refractivity contribution is 5.25. The van der Waals surface area contributed by atoms with Crippen molar-refractivity contribution in [2.24, 2.45) is 5.41 Å². The lowest BCUT2D eigenvalue weighted by atomic mass is 9.78. The Labute approximate surface area is 166 Å². The number of alkyl halides is 2. The van der Waals surface area contributed by atoms with E-state index in [0.717, 1.165) is 5.56 Å². The number of benzene rings is 1. The smallest absolute Gasteiger partial charge is 0.263 e. The van der Waals surface area contributed by atoms with Crippen molar-refractivity contribution < 1.29 is 23.4 Å². The maximum absolute atomic E-state index is 12.7. The summed E-state index contributed by atoms with van der Waals surface area (Å²) >= 11 is 0. The zero-order chi connectivity index (χ0) is 20.4. The van der Waals surface area contributed by atoms with Crippen molar-refractivity contribution in [3.63, 3.8) is 0 Å². The van der Waals surface area contributed by atoms with Gasteiger partial charge in [-0.05, 0) is 38.3 Å². The van der Waals surface area contributed by atoms with Gasteiger partial charge in [-0.2, -0.15) is 0 Å². The number of hydrogen-bond donors (Lipinski definition) is 2. The van der Waals surface area contributed by atoms with E-state index in [-0.39, 0.29) is 17.0 Å². The first-order valence-electron chi connectivity index (χ1n) is 10.2. The van der Waals surface area contributed by atoms with Crippen molar-refractivity contribution in [1.82, 2.24) is 5.32 Å². The molecule has 0 bridgehead atoms. The average Bonchev–Trinajstić information content (AvgIpc) is 2.67. The summed E-state index contributed by atoms with van der Waals surface area (Å²) < 4.78 is 37.4. The number of rotatable bonds is 6. The van der Waals surface area contributed by atoms with E-state index < -0.39 is 17.8 Å². The van der Waals surface area contributed by atoms with Crippen LogP contribution in [0.2, 0.25) is 0 Å². The van der Waals surface area contributed by atoms with E-state index in [0.29, 0.717) is 51.9 Å². The third-order valence-corrected chi connectivity index (χ3v) is 6.12. The van der Waals surface area contributed by atoms with Crippen LogP contribution >= 0.6 is 0 Å². The van der Waals surface area contributed by atoms with Crippen LogP contribution in [0.4, 0.5) is 8.78 Å². The maximum Gasteiger partial charge on any atom is 0.263 e. The monoisotopic (exact) mass is 397 g/mol. The summed E-state index contributed by atoms with van der Waals surface area (Å²) in [6, 6.07) is 6.45. The Kier molecular flexibility index (Phi) is 6.44. The summed E-state index contributed by atoms with van der Waals surface area (Å²) in [5.41, 5.74) is 0.339. The summed E-state index contributed by atoms with van der Waals surface area (Å²) in [6.45, 7) is 8.31. The van der Waals surface area contributed by atoms with Crippen LogP contribution in [-0.4, -0.2) is 36.3 Å². The Morgan fingerprint density at radius 1 is 1.00 bits per heavy atom. The molecule has 1 aromatic carbocycles. The molecule has 4 nitrogen and oxygen atoms in total. The maximum atomic E-state index is 12.7. The van der Waals surface area contributed by atoms with Crippen molar-refractivity contribution in [2.75, 3.05) is 19.8 Å². The summed E-state index contributed by atoms with van der Waals surface area (Å²) in [7, 11) is 0. The fourth-order valence-electron chi connectivity index (χ4n) is 3.94. The number of halogens is 2. The summed E-state index contributed by atoms with van der Waals surface area (Å²) in [5.74, 6) is -0.519. The SMILES string of the molecule is CC(NCCC1(O)CCC2(CC1)OCC(C)(C)CO2)c1ccc(C(F)F)cc1. The van der Waals surface area contributed by atoms with Gasteiger partial charge < -0.3 is 19.9 Å². The van der Waals surface area contributed by atoms with Crippen LogP contribution in [0.15, 0.2) is 24.3 Å². The first kappa shape index (κ1) is 21.6. The van der Waals surface area contributed by atoms with Crippen molar-refractivity contribution in [3.8, 4) is 0 Å². The molecular formula is C22H33F2NO3. The van der Waals surface area contributed by atoms with E-state index in [1.807, 2.05) is 6.92 Å². The predicted molar refractivity (Wildman–Crippen MR) is 104 cm³/mol. The zero-order valence-corrected chi connectivity index (χ0v) is 17.1. The molecule has 3 rings (SSSR count). The minimum atomic E-state index is -2.44. The molecule has 1 aromatic rings. The fourth-order valence-corrected chi connectivity index (χ4v) is 3.94. The topological polar surface area (TPSA) is 50.7 Å². The van der Waals surface area contributed by atoms with Gasteiger partial charge in [-0.3, -0.25) is 0 Å². The van der Waals surface area contributed by atoms with Gasteiger partial charge in [0.2, 0.25) is 0 Å². The lowest BCUT2D eigenvalue weighted by molar-refractivity contribution is -0.319. The van der Waals surface area contributed by atoms with Gasteiger partial charge in [0.05, 0.1) is 18.8 Å². The molecule has 6 heteroatoms. The van der Waals surface area contributed by atoms with Gasteiger partial charge in [-0.15, -0.1) is 0 Å². The largest absolute Gasteiger partial charge is 0.390 e. The minimum Gasteiger partial charge on any atom is -0.390 e. The molecule has 1 saturated heterocycles. The number of aliphatic hydroxyl groups is 1. The second kappa shape index (κ2) is 8.34. The normalized spacial score (nSPS) is 24.4. The molecule has 0 radical (unpaired) electrons. The fraction of sp³-hybridized carbons (Fsp3) is 0.727. The molecule has 28 heavy (non-hydrogen) atoms. The van der Waals surface area contributed by atoms with Crippen LogP contribution in [0.5, 0.6) is 0 Å². The first-order valence-corrected chi connectivity index (χ1v) is 10.2. The lowest BCUT2D eigenvalue weighted by Crippen LogP contribution is -2.52. The molecule has 1 saturated carbocycles. The Morgan fingerprint density at radius 2 is 1.54 bits per heavy atom. The van der Waals surface area contributed by atoms with E-state index in [2.05, 4.69) is 19.2 Å². The molecule has 2 fully saturated rings. The summed E-state index contributed by atoms with van der Waals surface area (Å²) in [6.07, 6.45) is 0.950. The molecular weight excluding hydrogens is 364 g/mol. The van der Waals surface area contributed by atoms with Crippen molar-refractivity contribution in [2.45, 2.75) is 76.7 Å². The summed E-state index contributed by atoms with van der Waals surface area (Å²) in [5, 5.41) is 14.3. The van der Waals surface area contributed by atoms with E-state index in [9.17, 15) is 13.9 Å². The van der Waals surface area contributed by atoms with E-state index in [1.54, 1.807) is 12.1 Å². The standard InChI is InChI=1S/C22H33F2NO3/c1-16(17-4-6-18(7-5-17)19(23)24)25-13-12-21(26)8-10-22(11-9-21)27-14-20(2,3)15-28-22/h4-7,16,19,25-26H,8-15H2,1-3H3. The number of nitrogens with one attached hydrogen (secondary N) is 1. The summed E-state index contributed by atoms with van der Waals surface area (Å²) in [4.78, 5) is 0. The highest BCUT2D eigenvalue weighted by atomic mass is 19.3. The quantitative estimate of drug-likeness (QED) is 0.728. The third-order valence-electron chi connectivity index (χ3n) is 6.12. The van der Waals surface area contributed by atoms with E-state index in [4.69, 9.17) is 9.47 Å². The van der Waals surface area contributed by atoms with Crippen LogP contribution in [-0.2, 0) is 9.47 Å². The van der Waals surface area contributed by atoms with Gasteiger partial charge in [0, 0.05) is 29.9 Å². The van der Waals surface area contributed by atoms with Gasteiger partial charge in [-0.25, -0.2) is 8.78 Å². The Balaban J connectivity index is 1.43. The Bertz CT molecular complexity index is 628. The molecule has 0 aromatic heterocycles. The molecule has 2 aliphatic rings. The second-order valence-electron chi connectivity index (χ2n) is 9.27. The second-order valence-corrected chi connectivity index (χ2v) is 9.27. The van der Waals surface area contributed by atoms with Crippen LogP contribution in [0.1, 0.15) is 76.5 Å². The molecule has 2 N–H and O–H groups in total. The lowest BCUT2D eigenvalue weighted by Gasteiger charge is -2.48. The third kappa shape index (κ3) is 5.29. The van der Waals surface area contributed by atoms with Crippen LogP contribution in [0.25, 0.3) is 0 Å². The van der Waals surface area contributed by atoms with Crippen molar-refractivity contribution >= 4 is 0 Å². The highest BCUT2D eigenvalue weighted by Crippen LogP contribution is 2.43. The molecule has 1 unspecified atom stereocenters. The molecule has 1 heterocycles. The average molecular weight is 398 g/mol. The molecule has 1 aliphatic carbocycles. The molecule has 158 valence electrons.